The lowest BCUT2D eigenvalue weighted by molar-refractivity contribution is -0.123. The Morgan fingerprint density at radius 3 is 2.56 bits per heavy atom. The van der Waals surface area contributed by atoms with Gasteiger partial charge in [-0.2, -0.15) is 0 Å². The number of amides is 4. The van der Waals surface area contributed by atoms with Crippen LogP contribution in [0.25, 0.3) is 22.2 Å². The molecule has 48 heavy (non-hydrogen) atoms. The molecule has 6 N–H and O–H groups in total. The van der Waals surface area contributed by atoms with E-state index in [1.165, 1.54) is 43.5 Å². The number of pyridine rings is 3. The summed E-state index contributed by atoms with van der Waals surface area (Å²) in [6, 6.07) is 14.9. The maximum absolute atomic E-state index is 13.7. The van der Waals surface area contributed by atoms with Crippen molar-refractivity contribution in [3.8, 4) is 17.0 Å². The highest BCUT2D eigenvalue weighted by molar-refractivity contribution is 6.08. The summed E-state index contributed by atoms with van der Waals surface area (Å²) < 4.78 is 19.6. The molecule has 0 radical (unpaired) electrons. The van der Waals surface area contributed by atoms with Gasteiger partial charge in [-0.1, -0.05) is 0 Å². The van der Waals surface area contributed by atoms with Gasteiger partial charge >= 0.3 is 6.03 Å². The zero-order valence-electron chi connectivity index (χ0n) is 26.3. The van der Waals surface area contributed by atoms with Gasteiger partial charge in [-0.3, -0.25) is 19.6 Å². The first-order valence-electron chi connectivity index (χ1n) is 15.0. The van der Waals surface area contributed by atoms with E-state index in [0.717, 1.165) is 5.56 Å². The number of hydrogen-bond acceptors (Lipinski definition) is 8. The van der Waals surface area contributed by atoms with Gasteiger partial charge in [0.2, 0.25) is 5.91 Å². The maximum Gasteiger partial charge on any atom is 0.323 e. The normalized spacial score (nSPS) is 16.4. The smallest absolute Gasteiger partial charge is 0.323 e. The van der Waals surface area contributed by atoms with Crippen molar-refractivity contribution in [2.45, 2.75) is 31.8 Å². The van der Waals surface area contributed by atoms with Crippen molar-refractivity contribution in [3.63, 3.8) is 0 Å². The number of ether oxygens (including phenoxy) is 1. The van der Waals surface area contributed by atoms with E-state index < -0.39 is 34.7 Å². The van der Waals surface area contributed by atoms with Gasteiger partial charge in [0, 0.05) is 34.5 Å². The van der Waals surface area contributed by atoms with Crippen molar-refractivity contribution in [3.05, 3.63) is 107 Å². The van der Waals surface area contributed by atoms with Crippen LogP contribution < -0.4 is 26.4 Å². The fourth-order valence-corrected chi connectivity index (χ4v) is 5.42. The Bertz CT molecular complexity index is 2070. The average molecular weight is 650 g/mol. The molecule has 0 saturated heterocycles. The maximum atomic E-state index is 13.7. The molecule has 6 rings (SSSR count). The van der Waals surface area contributed by atoms with Gasteiger partial charge in [-0.15, -0.1) is 0 Å². The van der Waals surface area contributed by atoms with Crippen molar-refractivity contribution in [1.29, 1.82) is 0 Å². The lowest BCUT2D eigenvalue weighted by Crippen LogP contribution is -2.41. The standard InChI is InChI=1S/C35H32FN7O5/c1-19-11-21-12-22(13-26(28(21)39-15-19)42-33(46)41-24-5-4-10-38-16-24)31(44)40-17-35(3,47)27-14-25-30(48-18-34(25,2)32(37)45)29(43-27)20-6-8-23(36)9-7-20/h4-16,47H,17-18H2,1-3H3,(H2,37,45)(H,40,44)(H2,41,42,46)/t34-,35-/m0/s1. The largest absolute Gasteiger partial charge is 0.489 e. The second kappa shape index (κ2) is 12.3. The number of aryl methyl sites for hydroxylation is 1. The van der Waals surface area contributed by atoms with Crippen LogP contribution in [0.5, 0.6) is 5.75 Å². The second-order valence-corrected chi connectivity index (χ2v) is 12.1. The summed E-state index contributed by atoms with van der Waals surface area (Å²) in [6.45, 7) is 4.63. The van der Waals surface area contributed by atoms with E-state index in [-0.39, 0.29) is 30.1 Å². The van der Waals surface area contributed by atoms with Gasteiger partial charge < -0.3 is 31.5 Å². The number of nitrogens with zero attached hydrogens (tertiary/aromatic N) is 3. The summed E-state index contributed by atoms with van der Waals surface area (Å²) in [7, 11) is 0. The molecule has 0 saturated carbocycles. The summed E-state index contributed by atoms with van der Waals surface area (Å²) in [4.78, 5) is 52.0. The van der Waals surface area contributed by atoms with Crippen LogP contribution in [0.4, 0.5) is 20.6 Å². The number of halogens is 1. The highest BCUT2D eigenvalue weighted by Gasteiger charge is 2.45. The average Bonchev–Trinajstić information content (AvgIpc) is 3.41. The number of carbonyl (C=O) groups is 3. The van der Waals surface area contributed by atoms with Crippen LogP contribution in [0.1, 0.15) is 41.0 Å². The molecule has 0 unspecified atom stereocenters. The number of primary amides is 1. The first-order valence-corrected chi connectivity index (χ1v) is 15.0. The first kappa shape index (κ1) is 32.0. The van der Waals surface area contributed by atoms with Gasteiger partial charge in [0.1, 0.15) is 34.9 Å². The number of nitrogens with one attached hydrogen (secondary N) is 3. The number of aliphatic hydroxyl groups is 1. The zero-order valence-corrected chi connectivity index (χ0v) is 26.3. The van der Waals surface area contributed by atoms with E-state index in [2.05, 4.69) is 30.9 Å². The molecule has 2 atom stereocenters. The van der Waals surface area contributed by atoms with Crippen molar-refractivity contribution >= 4 is 40.1 Å². The van der Waals surface area contributed by atoms with Crippen molar-refractivity contribution in [1.82, 2.24) is 20.3 Å². The predicted molar refractivity (Wildman–Crippen MR) is 177 cm³/mol. The van der Waals surface area contributed by atoms with Crippen LogP contribution in [-0.4, -0.2) is 51.1 Å². The molecule has 0 bridgehead atoms. The molecular formula is C35H32FN7O5. The summed E-state index contributed by atoms with van der Waals surface area (Å²) in [6.07, 6.45) is 4.73. The van der Waals surface area contributed by atoms with Gasteiger partial charge in [0.15, 0.2) is 0 Å². The summed E-state index contributed by atoms with van der Waals surface area (Å²) in [5.41, 5.74) is 6.42. The number of carbonyl (C=O) groups excluding carboxylic acids is 3. The van der Waals surface area contributed by atoms with E-state index in [1.54, 1.807) is 43.6 Å². The van der Waals surface area contributed by atoms with Crippen molar-refractivity contribution in [2.75, 3.05) is 23.8 Å². The Kier molecular flexibility index (Phi) is 8.23. The first-order chi connectivity index (χ1) is 22.8. The Hall–Kier alpha value is -5.95. The number of hydrogen-bond donors (Lipinski definition) is 5. The summed E-state index contributed by atoms with van der Waals surface area (Å²) in [5, 5.41) is 20.5. The van der Waals surface area contributed by atoms with Crippen LogP contribution in [0, 0.1) is 12.7 Å². The Morgan fingerprint density at radius 1 is 1.08 bits per heavy atom. The minimum absolute atomic E-state index is 0.0389. The number of urea groups is 1. The second-order valence-electron chi connectivity index (χ2n) is 12.1. The van der Waals surface area contributed by atoms with Crippen LogP contribution >= 0.6 is 0 Å². The number of anilines is 2. The monoisotopic (exact) mass is 649 g/mol. The Labute approximate surface area is 274 Å². The molecule has 13 heteroatoms. The Morgan fingerprint density at radius 2 is 1.85 bits per heavy atom. The molecule has 1 aliphatic heterocycles. The van der Waals surface area contributed by atoms with Gasteiger partial charge in [-0.25, -0.2) is 14.2 Å². The lowest BCUT2D eigenvalue weighted by Gasteiger charge is -2.26. The van der Waals surface area contributed by atoms with E-state index >= 15 is 0 Å². The molecule has 0 aliphatic carbocycles. The minimum Gasteiger partial charge on any atom is -0.489 e. The highest BCUT2D eigenvalue weighted by atomic mass is 19.1. The molecule has 12 nitrogen and oxygen atoms in total. The van der Waals surface area contributed by atoms with Crippen LogP contribution in [-0.2, 0) is 15.8 Å². The Balaban J connectivity index is 1.29. The third-order valence-corrected chi connectivity index (χ3v) is 8.23. The van der Waals surface area contributed by atoms with Gasteiger partial charge in [0.05, 0.1) is 35.3 Å². The highest BCUT2D eigenvalue weighted by Crippen LogP contribution is 2.45. The van der Waals surface area contributed by atoms with Gasteiger partial charge in [-0.05, 0) is 87.0 Å². The number of benzene rings is 2. The predicted octanol–water partition coefficient (Wildman–Crippen LogP) is 4.56. The van der Waals surface area contributed by atoms with Crippen LogP contribution in [0.3, 0.4) is 0 Å². The van der Waals surface area contributed by atoms with Gasteiger partial charge in [0.25, 0.3) is 5.91 Å². The van der Waals surface area contributed by atoms with E-state index in [9.17, 15) is 23.9 Å². The molecule has 4 amide bonds. The summed E-state index contributed by atoms with van der Waals surface area (Å²) in [5.74, 6) is -1.31. The fourth-order valence-electron chi connectivity index (χ4n) is 5.42. The molecule has 0 fully saturated rings. The molecule has 244 valence electrons. The van der Waals surface area contributed by atoms with Crippen LogP contribution in [0.15, 0.2) is 79.3 Å². The minimum atomic E-state index is -1.75. The molecule has 0 spiro atoms. The number of rotatable bonds is 8. The number of nitrogens with two attached hydrogens (primary N) is 1. The lowest BCUT2D eigenvalue weighted by atomic mass is 9.82. The molecular weight excluding hydrogens is 617 g/mol. The number of fused-ring (bicyclic) bond motifs is 2. The SMILES string of the molecule is Cc1cnc2c(NC(=O)Nc3cccnc3)cc(C(=O)NC[C@](C)(O)c3cc4c(c(-c5ccc(F)cc5)n3)OC[C@]4(C)C(N)=O)cc2c1. The van der Waals surface area contributed by atoms with Crippen LogP contribution in [0.2, 0.25) is 0 Å². The summed E-state index contributed by atoms with van der Waals surface area (Å²) >= 11 is 0. The van der Waals surface area contributed by atoms with Crippen molar-refractivity contribution in [2.24, 2.45) is 5.73 Å². The fraction of sp³-hybridized carbons (Fsp3) is 0.200. The zero-order chi connectivity index (χ0) is 34.2. The number of aromatic nitrogens is 3. The molecule has 2 aromatic carbocycles. The van der Waals surface area contributed by atoms with E-state index in [1.807, 2.05) is 13.0 Å². The molecule has 4 heterocycles. The quantitative estimate of drug-likeness (QED) is 0.162. The third kappa shape index (κ3) is 6.22. The van der Waals surface area contributed by atoms with Crippen molar-refractivity contribution < 1.29 is 28.6 Å². The van der Waals surface area contributed by atoms with E-state index in [0.29, 0.717) is 39.2 Å². The third-order valence-electron chi connectivity index (χ3n) is 8.23. The topological polar surface area (TPSA) is 181 Å². The molecule has 3 aromatic heterocycles. The molecule has 5 aromatic rings. The molecule has 1 aliphatic rings. The van der Waals surface area contributed by atoms with E-state index in [4.69, 9.17) is 10.5 Å².